The van der Waals surface area contributed by atoms with Gasteiger partial charge in [-0.15, -0.1) is 0 Å². The molecule has 2 rings (SSSR count). The summed E-state index contributed by atoms with van der Waals surface area (Å²) in [7, 11) is 1.64. The molecule has 0 fully saturated rings. The monoisotopic (exact) mass is 314 g/mol. The van der Waals surface area contributed by atoms with Gasteiger partial charge in [-0.25, -0.2) is 9.97 Å². The number of amides is 1. The van der Waals surface area contributed by atoms with E-state index in [0.29, 0.717) is 18.2 Å². The summed E-state index contributed by atoms with van der Waals surface area (Å²) in [6, 6.07) is 9.61. The van der Waals surface area contributed by atoms with Gasteiger partial charge in [0, 0.05) is 18.8 Å². The zero-order valence-electron chi connectivity index (χ0n) is 13.7. The standard InChI is InChI=1S/C17H22N4O2/c1-12(2)20-17-19-10-8-15(21-17)16(22)18-9-7-13-5-4-6-14(11-13)23-3/h4-6,8,10-12H,7,9H2,1-3H3,(H,18,22)(H,19,20,21). The first-order valence-electron chi connectivity index (χ1n) is 7.59. The van der Waals surface area contributed by atoms with E-state index in [1.807, 2.05) is 38.1 Å². The number of hydrogen-bond acceptors (Lipinski definition) is 5. The minimum atomic E-state index is -0.206. The van der Waals surface area contributed by atoms with Crippen molar-refractivity contribution in [1.82, 2.24) is 15.3 Å². The van der Waals surface area contributed by atoms with E-state index in [0.717, 1.165) is 17.7 Å². The van der Waals surface area contributed by atoms with Crippen molar-refractivity contribution in [3.63, 3.8) is 0 Å². The molecule has 0 radical (unpaired) electrons. The zero-order valence-corrected chi connectivity index (χ0v) is 13.7. The lowest BCUT2D eigenvalue weighted by atomic mass is 10.1. The average molecular weight is 314 g/mol. The highest BCUT2D eigenvalue weighted by molar-refractivity contribution is 5.92. The van der Waals surface area contributed by atoms with Gasteiger partial charge in [-0.3, -0.25) is 4.79 Å². The van der Waals surface area contributed by atoms with Crippen LogP contribution in [0, 0.1) is 0 Å². The van der Waals surface area contributed by atoms with Gasteiger partial charge in [-0.1, -0.05) is 12.1 Å². The normalized spacial score (nSPS) is 10.4. The van der Waals surface area contributed by atoms with Crippen molar-refractivity contribution >= 4 is 11.9 Å². The van der Waals surface area contributed by atoms with Crippen LogP contribution >= 0.6 is 0 Å². The van der Waals surface area contributed by atoms with Crippen LogP contribution in [0.1, 0.15) is 29.9 Å². The van der Waals surface area contributed by atoms with Crippen LogP contribution in [0.25, 0.3) is 0 Å². The van der Waals surface area contributed by atoms with Crippen LogP contribution in [-0.2, 0) is 6.42 Å². The first-order valence-corrected chi connectivity index (χ1v) is 7.59. The van der Waals surface area contributed by atoms with Crippen molar-refractivity contribution in [2.24, 2.45) is 0 Å². The van der Waals surface area contributed by atoms with Gasteiger partial charge >= 0.3 is 0 Å². The Balaban J connectivity index is 1.89. The van der Waals surface area contributed by atoms with Gasteiger partial charge < -0.3 is 15.4 Å². The summed E-state index contributed by atoms with van der Waals surface area (Å²) >= 11 is 0. The highest BCUT2D eigenvalue weighted by Gasteiger charge is 2.09. The summed E-state index contributed by atoms with van der Waals surface area (Å²) in [4.78, 5) is 20.4. The van der Waals surface area contributed by atoms with E-state index in [4.69, 9.17) is 4.74 Å². The van der Waals surface area contributed by atoms with Crippen LogP contribution < -0.4 is 15.4 Å². The molecule has 0 aliphatic rings. The third kappa shape index (κ3) is 5.25. The molecule has 6 nitrogen and oxygen atoms in total. The number of nitrogens with one attached hydrogen (secondary N) is 2. The number of nitrogens with zero attached hydrogens (tertiary/aromatic N) is 2. The van der Waals surface area contributed by atoms with E-state index < -0.39 is 0 Å². The number of methoxy groups -OCH3 is 1. The second-order valence-corrected chi connectivity index (χ2v) is 5.42. The van der Waals surface area contributed by atoms with Crippen molar-refractivity contribution in [3.8, 4) is 5.75 Å². The van der Waals surface area contributed by atoms with Gasteiger partial charge in [-0.05, 0) is 44.0 Å². The Kier molecular flexibility index (Phi) is 5.91. The number of carbonyl (C=O) groups is 1. The van der Waals surface area contributed by atoms with Crippen molar-refractivity contribution in [1.29, 1.82) is 0 Å². The molecule has 23 heavy (non-hydrogen) atoms. The Hall–Kier alpha value is -2.63. The van der Waals surface area contributed by atoms with E-state index in [-0.39, 0.29) is 11.9 Å². The summed E-state index contributed by atoms with van der Waals surface area (Å²) in [5.74, 6) is 1.07. The molecule has 6 heteroatoms. The van der Waals surface area contributed by atoms with Crippen LogP contribution in [0.15, 0.2) is 36.5 Å². The molecule has 1 amide bonds. The number of ether oxygens (including phenoxy) is 1. The summed E-state index contributed by atoms with van der Waals surface area (Å²) in [5, 5.41) is 5.95. The predicted octanol–water partition coefficient (Wildman–Crippen LogP) is 2.28. The lowest BCUT2D eigenvalue weighted by molar-refractivity contribution is 0.0949. The van der Waals surface area contributed by atoms with Crippen LogP contribution in [0.5, 0.6) is 5.75 Å². The fourth-order valence-electron chi connectivity index (χ4n) is 2.05. The number of benzene rings is 1. The maximum absolute atomic E-state index is 12.1. The van der Waals surface area contributed by atoms with E-state index in [9.17, 15) is 4.79 Å². The maximum Gasteiger partial charge on any atom is 0.270 e. The summed E-state index contributed by atoms with van der Waals surface area (Å²) in [6.07, 6.45) is 2.31. The molecule has 2 aromatic rings. The van der Waals surface area contributed by atoms with E-state index >= 15 is 0 Å². The molecule has 0 aliphatic carbocycles. The Morgan fingerprint density at radius 2 is 2.13 bits per heavy atom. The number of hydrogen-bond donors (Lipinski definition) is 2. The van der Waals surface area contributed by atoms with Crippen LogP contribution in [0.3, 0.4) is 0 Å². The third-order valence-corrected chi connectivity index (χ3v) is 3.14. The number of rotatable bonds is 7. The average Bonchev–Trinajstić information content (AvgIpc) is 2.54. The second-order valence-electron chi connectivity index (χ2n) is 5.42. The van der Waals surface area contributed by atoms with Gasteiger partial charge in [0.25, 0.3) is 5.91 Å². The van der Waals surface area contributed by atoms with Crippen molar-refractivity contribution < 1.29 is 9.53 Å². The molecule has 122 valence electrons. The van der Waals surface area contributed by atoms with Crippen LogP contribution in [0.4, 0.5) is 5.95 Å². The molecule has 1 aromatic heterocycles. The fourth-order valence-corrected chi connectivity index (χ4v) is 2.05. The molecule has 0 bridgehead atoms. The molecule has 2 N–H and O–H groups in total. The molecule has 0 saturated heterocycles. The Morgan fingerprint density at radius 1 is 1.30 bits per heavy atom. The predicted molar refractivity (Wildman–Crippen MR) is 89.8 cm³/mol. The van der Waals surface area contributed by atoms with Gasteiger partial charge in [0.05, 0.1) is 7.11 Å². The lowest BCUT2D eigenvalue weighted by Gasteiger charge is -2.09. The first-order chi connectivity index (χ1) is 11.1. The molecular formula is C17H22N4O2. The smallest absolute Gasteiger partial charge is 0.270 e. The van der Waals surface area contributed by atoms with Crippen molar-refractivity contribution in [3.05, 3.63) is 47.8 Å². The summed E-state index contributed by atoms with van der Waals surface area (Å²) < 4.78 is 5.19. The minimum Gasteiger partial charge on any atom is -0.497 e. The zero-order chi connectivity index (χ0) is 16.7. The van der Waals surface area contributed by atoms with Gasteiger partial charge in [0.1, 0.15) is 11.4 Å². The topological polar surface area (TPSA) is 76.1 Å². The SMILES string of the molecule is COc1cccc(CCNC(=O)c2ccnc(NC(C)C)n2)c1. The van der Waals surface area contributed by atoms with Crippen LogP contribution in [-0.4, -0.2) is 35.6 Å². The second kappa shape index (κ2) is 8.12. The minimum absolute atomic E-state index is 0.206. The molecule has 1 heterocycles. The van der Waals surface area contributed by atoms with E-state index in [1.54, 1.807) is 19.4 Å². The quantitative estimate of drug-likeness (QED) is 0.820. The molecular weight excluding hydrogens is 292 g/mol. The first kappa shape index (κ1) is 16.7. The molecule has 0 atom stereocenters. The molecule has 0 saturated carbocycles. The Labute approximate surface area is 136 Å². The molecule has 0 unspecified atom stereocenters. The molecule has 0 aliphatic heterocycles. The fraction of sp³-hybridized carbons (Fsp3) is 0.353. The van der Waals surface area contributed by atoms with Crippen molar-refractivity contribution in [2.75, 3.05) is 19.0 Å². The molecule has 0 spiro atoms. The van der Waals surface area contributed by atoms with Gasteiger partial charge in [0.2, 0.25) is 5.95 Å². The molecule has 1 aromatic carbocycles. The van der Waals surface area contributed by atoms with E-state index in [2.05, 4.69) is 20.6 Å². The lowest BCUT2D eigenvalue weighted by Crippen LogP contribution is -2.27. The Bertz CT molecular complexity index is 659. The van der Waals surface area contributed by atoms with Gasteiger partial charge in [-0.2, -0.15) is 0 Å². The summed E-state index contributed by atoms with van der Waals surface area (Å²) in [6.45, 7) is 4.51. The maximum atomic E-state index is 12.1. The number of aromatic nitrogens is 2. The van der Waals surface area contributed by atoms with E-state index in [1.165, 1.54) is 0 Å². The highest BCUT2D eigenvalue weighted by atomic mass is 16.5. The third-order valence-electron chi connectivity index (χ3n) is 3.14. The number of anilines is 1. The highest BCUT2D eigenvalue weighted by Crippen LogP contribution is 2.12. The summed E-state index contributed by atoms with van der Waals surface area (Å²) in [5.41, 5.74) is 1.46. The van der Waals surface area contributed by atoms with Gasteiger partial charge in [0.15, 0.2) is 0 Å². The van der Waals surface area contributed by atoms with Crippen LogP contribution in [0.2, 0.25) is 0 Å². The Morgan fingerprint density at radius 3 is 2.87 bits per heavy atom. The largest absolute Gasteiger partial charge is 0.497 e. The van der Waals surface area contributed by atoms with Crippen molar-refractivity contribution in [2.45, 2.75) is 26.3 Å². The number of carbonyl (C=O) groups excluding carboxylic acids is 1.